The highest BCUT2D eigenvalue weighted by molar-refractivity contribution is 5.30. The second kappa shape index (κ2) is 5.69. The Morgan fingerprint density at radius 1 is 1.39 bits per heavy atom. The minimum atomic E-state index is -0.477. The van der Waals surface area contributed by atoms with Gasteiger partial charge in [0, 0.05) is 13.2 Å². The predicted octanol–water partition coefficient (Wildman–Crippen LogP) is 1.40. The molecular weight excluding hydrogens is 232 g/mol. The van der Waals surface area contributed by atoms with Gasteiger partial charge in [-0.2, -0.15) is 5.10 Å². The molecule has 0 spiro atoms. The Balaban J connectivity index is 3.31. The van der Waals surface area contributed by atoms with Gasteiger partial charge in [-0.15, -0.1) is 0 Å². The van der Waals surface area contributed by atoms with Crippen LogP contribution in [0.15, 0.2) is 6.20 Å². The maximum Gasteiger partial charge on any atom is 0.161 e. The molecule has 0 aliphatic carbocycles. The van der Waals surface area contributed by atoms with Gasteiger partial charge in [-0.3, -0.25) is 10.5 Å². The van der Waals surface area contributed by atoms with E-state index in [1.54, 1.807) is 20.4 Å². The third-order valence-electron chi connectivity index (χ3n) is 3.17. The summed E-state index contributed by atoms with van der Waals surface area (Å²) >= 11 is 0. The summed E-state index contributed by atoms with van der Waals surface area (Å²) in [5, 5.41) is 4.34. The first-order valence-electron chi connectivity index (χ1n) is 6.01. The van der Waals surface area contributed by atoms with E-state index in [-0.39, 0.29) is 12.1 Å². The molecule has 0 radical (unpaired) electrons. The predicted molar refractivity (Wildman–Crippen MR) is 70.3 cm³/mol. The van der Waals surface area contributed by atoms with E-state index in [0.717, 1.165) is 5.69 Å². The number of hydrogen-bond donors (Lipinski definition) is 2. The fourth-order valence-corrected chi connectivity index (χ4v) is 1.93. The molecule has 0 aliphatic rings. The average molecular weight is 256 g/mol. The molecule has 0 bridgehead atoms. The first-order chi connectivity index (χ1) is 8.38. The minimum absolute atomic E-state index is 0.215. The molecule has 0 fully saturated rings. The Bertz CT molecular complexity index is 387. The van der Waals surface area contributed by atoms with Crippen LogP contribution in [0.3, 0.4) is 0 Å². The van der Waals surface area contributed by atoms with Crippen molar-refractivity contribution in [2.75, 3.05) is 14.2 Å². The molecule has 0 aliphatic heterocycles. The molecule has 0 aromatic carbocycles. The lowest BCUT2D eigenvalue weighted by Gasteiger charge is -2.33. The maximum absolute atomic E-state index is 5.69. The van der Waals surface area contributed by atoms with Crippen molar-refractivity contribution in [2.24, 2.45) is 5.84 Å². The number of methoxy groups -OCH3 is 2. The summed E-state index contributed by atoms with van der Waals surface area (Å²) in [6.45, 7) is 8.05. The lowest BCUT2D eigenvalue weighted by atomic mass is 9.95. The summed E-state index contributed by atoms with van der Waals surface area (Å²) in [6.07, 6.45) is 1.70. The van der Waals surface area contributed by atoms with E-state index in [1.807, 2.05) is 18.5 Å². The molecule has 104 valence electrons. The Morgan fingerprint density at radius 3 is 2.39 bits per heavy atom. The molecule has 0 saturated heterocycles. The van der Waals surface area contributed by atoms with Crippen molar-refractivity contribution >= 4 is 0 Å². The smallest absolute Gasteiger partial charge is 0.161 e. The van der Waals surface area contributed by atoms with Gasteiger partial charge in [0.1, 0.15) is 5.69 Å². The molecule has 3 N–H and O–H groups in total. The Hall–Kier alpha value is -1.11. The van der Waals surface area contributed by atoms with Crippen LogP contribution < -0.4 is 16.0 Å². The molecule has 1 atom stereocenters. The number of nitrogens with one attached hydrogen (secondary N) is 1. The van der Waals surface area contributed by atoms with E-state index in [4.69, 9.17) is 15.3 Å². The molecule has 18 heavy (non-hydrogen) atoms. The largest absolute Gasteiger partial charge is 0.493 e. The van der Waals surface area contributed by atoms with Crippen LogP contribution in [-0.2, 0) is 4.74 Å². The van der Waals surface area contributed by atoms with Crippen molar-refractivity contribution in [1.82, 2.24) is 15.2 Å². The lowest BCUT2D eigenvalue weighted by Crippen LogP contribution is -2.45. The summed E-state index contributed by atoms with van der Waals surface area (Å²) in [4.78, 5) is 0. The van der Waals surface area contributed by atoms with Crippen molar-refractivity contribution in [2.45, 2.75) is 45.4 Å². The van der Waals surface area contributed by atoms with E-state index in [0.29, 0.717) is 5.75 Å². The van der Waals surface area contributed by atoms with Gasteiger partial charge in [0.25, 0.3) is 0 Å². The summed E-state index contributed by atoms with van der Waals surface area (Å²) in [6, 6.07) is -0.00486. The Labute approximate surface area is 108 Å². The molecular formula is C12H24N4O2. The van der Waals surface area contributed by atoms with Gasteiger partial charge >= 0.3 is 0 Å². The zero-order valence-corrected chi connectivity index (χ0v) is 12.0. The van der Waals surface area contributed by atoms with Crippen molar-refractivity contribution in [3.8, 4) is 5.75 Å². The fourth-order valence-electron chi connectivity index (χ4n) is 1.93. The van der Waals surface area contributed by atoms with Gasteiger partial charge in [-0.05, 0) is 27.7 Å². The van der Waals surface area contributed by atoms with E-state index in [2.05, 4.69) is 24.4 Å². The normalized spacial score (nSPS) is 14.0. The molecule has 1 aromatic rings. The second-order valence-electron chi connectivity index (χ2n) is 5.04. The number of hydrogen-bond acceptors (Lipinski definition) is 5. The highest BCUT2D eigenvalue weighted by Crippen LogP contribution is 2.34. The SMILES string of the molecule is COc1cnn(C(C)C)c1C(NN)C(C)(C)OC. The fraction of sp³-hybridized carbons (Fsp3) is 0.750. The third kappa shape index (κ3) is 2.66. The lowest BCUT2D eigenvalue weighted by molar-refractivity contribution is -0.0144. The van der Waals surface area contributed by atoms with Crippen LogP contribution in [0.1, 0.15) is 45.5 Å². The van der Waals surface area contributed by atoms with E-state index < -0.39 is 5.60 Å². The van der Waals surface area contributed by atoms with Crippen LogP contribution in [0.25, 0.3) is 0 Å². The molecule has 0 amide bonds. The number of rotatable bonds is 6. The quantitative estimate of drug-likeness (QED) is 0.594. The van der Waals surface area contributed by atoms with Gasteiger partial charge in [-0.25, -0.2) is 5.43 Å². The number of aromatic nitrogens is 2. The van der Waals surface area contributed by atoms with Crippen LogP contribution in [0, 0.1) is 0 Å². The monoisotopic (exact) mass is 256 g/mol. The van der Waals surface area contributed by atoms with Crippen molar-refractivity contribution < 1.29 is 9.47 Å². The topological polar surface area (TPSA) is 74.3 Å². The summed E-state index contributed by atoms with van der Waals surface area (Å²) < 4.78 is 12.8. The maximum atomic E-state index is 5.69. The molecule has 6 nitrogen and oxygen atoms in total. The van der Waals surface area contributed by atoms with E-state index in [1.165, 1.54) is 0 Å². The number of hydrazine groups is 1. The van der Waals surface area contributed by atoms with Crippen LogP contribution in [0.5, 0.6) is 5.75 Å². The van der Waals surface area contributed by atoms with E-state index in [9.17, 15) is 0 Å². The van der Waals surface area contributed by atoms with Crippen LogP contribution in [-0.4, -0.2) is 29.6 Å². The zero-order valence-electron chi connectivity index (χ0n) is 12.0. The molecule has 0 saturated carbocycles. The number of ether oxygens (including phenoxy) is 2. The van der Waals surface area contributed by atoms with Gasteiger partial charge in [0.15, 0.2) is 5.75 Å². The molecule has 6 heteroatoms. The molecule has 1 rings (SSSR count). The van der Waals surface area contributed by atoms with E-state index >= 15 is 0 Å². The molecule has 1 unspecified atom stereocenters. The van der Waals surface area contributed by atoms with Gasteiger partial charge < -0.3 is 9.47 Å². The van der Waals surface area contributed by atoms with Gasteiger partial charge in [0.05, 0.1) is 24.9 Å². The minimum Gasteiger partial charge on any atom is -0.493 e. The zero-order chi connectivity index (χ0) is 13.9. The first kappa shape index (κ1) is 14.9. The highest BCUT2D eigenvalue weighted by atomic mass is 16.5. The Kier molecular flexibility index (Phi) is 4.72. The van der Waals surface area contributed by atoms with Crippen molar-refractivity contribution in [3.05, 3.63) is 11.9 Å². The third-order valence-corrected chi connectivity index (χ3v) is 3.17. The number of nitrogens with two attached hydrogens (primary N) is 1. The van der Waals surface area contributed by atoms with Crippen molar-refractivity contribution in [3.63, 3.8) is 0 Å². The summed E-state index contributed by atoms with van der Waals surface area (Å²) in [5.74, 6) is 6.40. The summed E-state index contributed by atoms with van der Waals surface area (Å²) in [7, 11) is 3.28. The van der Waals surface area contributed by atoms with Crippen LogP contribution in [0.4, 0.5) is 0 Å². The Morgan fingerprint density at radius 2 is 2.00 bits per heavy atom. The summed E-state index contributed by atoms with van der Waals surface area (Å²) in [5.41, 5.74) is 3.21. The number of nitrogens with zero attached hydrogens (tertiary/aromatic N) is 2. The second-order valence-corrected chi connectivity index (χ2v) is 5.04. The van der Waals surface area contributed by atoms with Crippen molar-refractivity contribution in [1.29, 1.82) is 0 Å². The first-order valence-corrected chi connectivity index (χ1v) is 6.01. The van der Waals surface area contributed by atoms with Crippen LogP contribution >= 0.6 is 0 Å². The van der Waals surface area contributed by atoms with Gasteiger partial charge in [0.2, 0.25) is 0 Å². The average Bonchev–Trinajstić information content (AvgIpc) is 2.73. The highest BCUT2D eigenvalue weighted by Gasteiger charge is 2.35. The molecule has 1 heterocycles. The van der Waals surface area contributed by atoms with Gasteiger partial charge in [-0.1, -0.05) is 0 Å². The molecule has 1 aromatic heterocycles. The standard InChI is InChI=1S/C12H24N4O2/c1-8(2)16-10(9(17-5)7-14-16)11(15-13)12(3,4)18-6/h7-8,11,15H,13H2,1-6H3. The van der Waals surface area contributed by atoms with Crippen LogP contribution in [0.2, 0.25) is 0 Å².